The van der Waals surface area contributed by atoms with Crippen molar-refractivity contribution in [2.45, 2.75) is 18.9 Å². The first-order valence-corrected chi connectivity index (χ1v) is 7.88. The van der Waals surface area contributed by atoms with Crippen molar-refractivity contribution in [3.63, 3.8) is 0 Å². The second-order valence-corrected chi connectivity index (χ2v) is 6.50. The molecule has 2 aromatic rings. The van der Waals surface area contributed by atoms with Crippen LogP contribution in [0.25, 0.3) is 5.52 Å². The fraction of sp³-hybridized carbons (Fsp3) is 0.438. The Bertz CT molecular complexity index is 688. The molecule has 0 unspecified atom stereocenters. The van der Waals surface area contributed by atoms with E-state index in [0.717, 1.165) is 12.1 Å². The van der Waals surface area contributed by atoms with Gasteiger partial charge in [0, 0.05) is 25.0 Å². The lowest BCUT2D eigenvalue weighted by Crippen LogP contribution is -2.57. The summed E-state index contributed by atoms with van der Waals surface area (Å²) < 4.78 is 1.90. The van der Waals surface area contributed by atoms with Crippen LogP contribution in [0.5, 0.6) is 0 Å². The molecule has 1 amide bonds. The van der Waals surface area contributed by atoms with Crippen LogP contribution in [0.2, 0.25) is 5.02 Å². The van der Waals surface area contributed by atoms with Crippen LogP contribution in [0.1, 0.15) is 23.2 Å². The number of hydrogen-bond acceptors (Lipinski definition) is 2. The van der Waals surface area contributed by atoms with E-state index in [4.69, 9.17) is 11.6 Å². The molecule has 2 aromatic heterocycles. The molecule has 5 heterocycles. The lowest BCUT2D eigenvalue weighted by Gasteiger charge is -2.44. The quantitative estimate of drug-likeness (QED) is 0.925. The second kappa shape index (κ2) is 5.04. The van der Waals surface area contributed by atoms with Gasteiger partial charge in [0.05, 0.1) is 16.1 Å². The number of carbonyl (C=O) groups is 1. The number of nitrogens with zero attached hydrogens (tertiary/aromatic N) is 2. The lowest BCUT2D eigenvalue weighted by molar-refractivity contribution is 0.0620. The molecule has 0 aliphatic carbocycles. The van der Waals surface area contributed by atoms with Crippen molar-refractivity contribution in [2.75, 3.05) is 19.6 Å². The topological polar surface area (TPSA) is 36.8 Å². The summed E-state index contributed by atoms with van der Waals surface area (Å²) in [4.78, 5) is 14.9. The van der Waals surface area contributed by atoms with E-state index >= 15 is 0 Å². The fourth-order valence-corrected chi connectivity index (χ4v) is 3.81. The van der Waals surface area contributed by atoms with Crippen molar-refractivity contribution >= 4 is 23.0 Å². The Balaban J connectivity index is 1.53. The van der Waals surface area contributed by atoms with Crippen LogP contribution in [-0.2, 0) is 0 Å². The molecule has 5 rings (SSSR count). The molecule has 5 heteroatoms. The average Bonchev–Trinajstić information content (AvgIpc) is 2.89. The minimum atomic E-state index is 0.0143. The molecule has 4 nitrogen and oxygen atoms in total. The summed E-state index contributed by atoms with van der Waals surface area (Å²) >= 11 is 6.08. The van der Waals surface area contributed by atoms with Crippen molar-refractivity contribution in [3.8, 4) is 0 Å². The highest BCUT2D eigenvalue weighted by Crippen LogP contribution is 2.27. The van der Waals surface area contributed by atoms with Crippen molar-refractivity contribution in [1.82, 2.24) is 14.6 Å². The Kier molecular flexibility index (Phi) is 3.16. The molecule has 0 aromatic carbocycles. The Labute approximate surface area is 128 Å². The maximum absolute atomic E-state index is 12.5. The van der Waals surface area contributed by atoms with Crippen molar-refractivity contribution < 1.29 is 4.79 Å². The van der Waals surface area contributed by atoms with Gasteiger partial charge in [-0.25, -0.2) is 0 Å². The maximum Gasteiger partial charge on any atom is 0.253 e. The van der Waals surface area contributed by atoms with Crippen LogP contribution in [0.3, 0.4) is 0 Å². The van der Waals surface area contributed by atoms with Gasteiger partial charge in [-0.1, -0.05) is 11.6 Å². The summed E-state index contributed by atoms with van der Waals surface area (Å²) in [6, 6.07) is 5.88. The summed E-state index contributed by atoms with van der Waals surface area (Å²) in [6.07, 6.45) is 6.13. The minimum absolute atomic E-state index is 0.0143. The second-order valence-electron chi connectivity index (χ2n) is 6.09. The molecule has 110 valence electrons. The third-order valence-electron chi connectivity index (χ3n) is 4.84. The van der Waals surface area contributed by atoms with Gasteiger partial charge in [-0.2, -0.15) is 0 Å². The lowest BCUT2D eigenvalue weighted by atomic mass is 9.84. The Morgan fingerprint density at radius 3 is 2.76 bits per heavy atom. The van der Waals surface area contributed by atoms with Gasteiger partial charge in [0.15, 0.2) is 0 Å². The number of amides is 1. The van der Waals surface area contributed by atoms with Crippen LogP contribution in [0.4, 0.5) is 0 Å². The molecule has 0 radical (unpaired) electrons. The van der Waals surface area contributed by atoms with Crippen LogP contribution in [0.15, 0.2) is 30.6 Å². The van der Waals surface area contributed by atoms with Gasteiger partial charge in [-0.05, 0) is 50.0 Å². The van der Waals surface area contributed by atoms with E-state index in [1.54, 1.807) is 0 Å². The van der Waals surface area contributed by atoms with Crippen LogP contribution in [-0.4, -0.2) is 40.9 Å². The summed E-state index contributed by atoms with van der Waals surface area (Å²) in [5.74, 6) is 0.657. The van der Waals surface area contributed by atoms with E-state index in [0.29, 0.717) is 22.5 Å². The van der Waals surface area contributed by atoms with Crippen molar-refractivity contribution in [2.24, 2.45) is 5.92 Å². The smallest absolute Gasteiger partial charge is 0.253 e. The number of rotatable bonds is 2. The molecule has 1 atom stereocenters. The molecule has 3 aliphatic rings. The number of aromatic nitrogens is 1. The van der Waals surface area contributed by atoms with Crippen LogP contribution in [0, 0.1) is 5.92 Å². The van der Waals surface area contributed by atoms with E-state index in [1.807, 2.05) is 35.0 Å². The zero-order valence-corrected chi connectivity index (χ0v) is 12.5. The molecule has 0 saturated carbocycles. The molecular formula is C16H18ClN3O. The summed E-state index contributed by atoms with van der Waals surface area (Å²) in [5, 5.41) is 3.92. The molecule has 3 aliphatic heterocycles. The predicted molar refractivity (Wildman–Crippen MR) is 82.8 cm³/mol. The van der Waals surface area contributed by atoms with Gasteiger partial charge in [-0.15, -0.1) is 0 Å². The number of nitrogens with one attached hydrogen (secondary N) is 1. The van der Waals surface area contributed by atoms with E-state index in [2.05, 4.69) is 10.2 Å². The maximum atomic E-state index is 12.5. The average molecular weight is 304 g/mol. The number of piperidine rings is 3. The highest BCUT2D eigenvalue weighted by Gasteiger charge is 2.34. The molecule has 0 spiro atoms. The van der Waals surface area contributed by atoms with Crippen molar-refractivity contribution in [3.05, 3.63) is 41.2 Å². The number of hydrogen-bond donors (Lipinski definition) is 1. The SMILES string of the molecule is O=C(N[C@H]1CN2CCC1CC2)c1ccc2c(Cl)ccn2c1. The third-order valence-corrected chi connectivity index (χ3v) is 5.16. The highest BCUT2D eigenvalue weighted by atomic mass is 35.5. The molecule has 3 saturated heterocycles. The summed E-state index contributed by atoms with van der Waals surface area (Å²) in [5.41, 5.74) is 1.61. The standard InChI is InChI=1S/C16H18ClN3O/c17-13-5-8-20-9-12(1-2-15(13)20)16(21)18-14-10-19-6-3-11(14)4-7-19/h1-2,5,8-9,11,14H,3-4,6-7,10H2,(H,18,21)/t14-/m0/s1. The zero-order chi connectivity index (χ0) is 14.4. The van der Waals surface area contributed by atoms with Gasteiger partial charge in [-0.3, -0.25) is 4.79 Å². The number of halogens is 1. The minimum Gasteiger partial charge on any atom is -0.348 e. The third kappa shape index (κ3) is 2.32. The molecule has 1 N–H and O–H groups in total. The van der Waals surface area contributed by atoms with E-state index in [9.17, 15) is 4.79 Å². The zero-order valence-electron chi connectivity index (χ0n) is 11.8. The van der Waals surface area contributed by atoms with E-state index in [1.165, 1.54) is 25.9 Å². The number of fused-ring (bicyclic) bond motifs is 4. The van der Waals surface area contributed by atoms with Gasteiger partial charge >= 0.3 is 0 Å². The molecule has 21 heavy (non-hydrogen) atoms. The first-order valence-electron chi connectivity index (χ1n) is 7.50. The first kappa shape index (κ1) is 13.2. The number of pyridine rings is 1. The molecule has 3 fully saturated rings. The van der Waals surface area contributed by atoms with Crippen LogP contribution < -0.4 is 5.32 Å². The number of carbonyl (C=O) groups excluding carboxylic acids is 1. The summed E-state index contributed by atoms with van der Waals surface area (Å²) in [7, 11) is 0. The first-order chi connectivity index (χ1) is 10.2. The predicted octanol–water partition coefficient (Wildman–Crippen LogP) is 2.42. The summed E-state index contributed by atoms with van der Waals surface area (Å²) in [6.45, 7) is 3.36. The van der Waals surface area contributed by atoms with Gasteiger partial charge < -0.3 is 14.6 Å². The van der Waals surface area contributed by atoms with Gasteiger partial charge in [0.1, 0.15) is 0 Å². The highest BCUT2D eigenvalue weighted by molar-refractivity contribution is 6.34. The van der Waals surface area contributed by atoms with Crippen LogP contribution >= 0.6 is 11.6 Å². The Hall–Kier alpha value is -1.52. The normalized spacial score (nSPS) is 28.0. The van der Waals surface area contributed by atoms with E-state index in [-0.39, 0.29) is 5.91 Å². The molecular weight excluding hydrogens is 286 g/mol. The monoisotopic (exact) mass is 303 g/mol. The van der Waals surface area contributed by atoms with Crippen molar-refractivity contribution in [1.29, 1.82) is 0 Å². The largest absolute Gasteiger partial charge is 0.348 e. The van der Waals surface area contributed by atoms with Gasteiger partial charge in [0.2, 0.25) is 0 Å². The Morgan fingerprint density at radius 2 is 2.05 bits per heavy atom. The molecule has 2 bridgehead atoms. The van der Waals surface area contributed by atoms with Gasteiger partial charge in [0.25, 0.3) is 5.91 Å². The van der Waals surface area contributed by atoms with E-state index < -0.39 is 0 Å². The fourth-order valence-electron chi connectivity index (χ4n) is 3.59. The Morgan fingerprint density at radius 1 is 1.24 bits per heavy atom.